The van der Waals surface area contributed by atoms with Gasteiger partial charge in [-0.3, -0.25) is 4.79 Å². The van der Waals surface area contributed by atoms with Crippen LogP contribution in [-0.2, 0) is 4.79 Å². The smallest absolute Gasteiger partial charge is 0.317 e. The van der Waals surface area contributed by atoms with Gasteiger partial charge in [-0.25, -0.2) is 4.79 Å². The van der Waals surface area contributed by atoms with E-state index < -0.39 is 5.97 Å². The average molecular weight is 268 g/mol. The topological polar surface area (TPSA) is 69.6 Å². The SMILES string of the molecule is CC1CC(C)CC(NC(=O)N2CC(CC(=O)O)C2)C1. The molecule has 2 atom stereocenters. The van der Waals surface area contributed by atoms with E-state index in [4.69, 9.17) is 5.11 Å². The summed E-state index contributed by atoms with van der Waals surface area (Å²) < 4.78 is 0. The zero-order chi connectivity index (χ0) is 14.0. The highest BCUT2D eigenvalue weighted by molar-refractivity contribution is 5.76. The third-order valence-corrected chi connectivity index (χ3v) is 4.21. The first-order valence-electron chi connectivity index (χ1n) is 7.21. The monoisotopic (exact) mass is 268 g/mol. The Kier molecular flexibility index (Phi) is 4.32. The molecule has 5 heteroatoms. The molecule has 1 heterocycles. The summed E-state index contributed by atoms with van der Waals surface area (Å²) in [6.07, 6.45) is 3.53. The largest absolute Gasteiger partial charge is 0.481 e. The van der Waals surface area contributed by atoms with Crippen LogP contribution < -0.4 is 5.32 Å². The molecule has 108 valence electrons. The van der Waals surface area contributed by atoms with Gasteiger partial charge in [0.2, 0.25) is 0 Å². The lowest BCUT2D eigenvalue weighted by atomic mass is 9.80. The summed E-state index contributed by atoms with van der Waals surface area (Å²) in [6.45, 7) is 5.63. The molecule has 1 saturated carbocycles. The molecule has 2 fully saturated rings. The Labute approximate surface area is 114 Å². The number of nitrogens with one attached hydrogen (secondary N) is 1. The lowest BCUT2D eigenvalue weighted by Gasteiger charge is -2.40. The van der Waals surface area contributed by atoms with Gasteiger partial charge in [0.25, 0.3) is 0 Å². The van der Waals surface area contributed by atoms with Crippen molar-refractivity contribution < 1.29 is 14.7 Å². The first-order valence-corrected chi connectivity index (χ1v) is 7.21. The summed E-state index contributed by atoms with van der Waals surface area (Å²) in [4.78, 5) is 24.3. The number of likely N-dealkylation sites (tertiary alicyclic amines) is 1. The number of carbonyl (C=O) groups excluding carboxylic acids is 1. The van der Waals surface area contributed by atoms with Gasteiger partial charge in [0.15, 0.2) is 0 Å². The Hall–Kier alpha value is -1.26. The van der Waals surface area contributed by atoms with E-state index >= 15 is 0 Å². The molecule has 1 aliphatic carbocycles. The highest BCUT2D eigenvalue weighted by Crippen LogP contribution is 2.29. The van der Waals surface area contributed by atoms with E-state index in [2.05, 4.69) is 19.2 Å². The van der Waals surface area contributed by atoms with E-state index in [0.29, 0.717) is 24.9 Å². The van der Waals surface area contributed by atoms with Crippen molar-refractivity contribution in [1.82, 2.24) is 10.2 Å². The van der Waals surface area contributed by atoms with Crippen LogP contribution in [0.15, 0.2) is 0 Å². The number of carboxylic acids is 1. The maximum Gasteiger partial charge on any atom is 0.317 e. The van der Waals surface area contributed by atoms with Crippen molar-refractivity contribution in [3.8, 4) is 0 Å². The van der Waals surface area contributed by atoms with Crippen LogP contribution in [0, 0.1) is 17.8 Å². The first kappa shape index (κ1) is 14.2. The fourth-order valence-electron chi connectivity index (χ4n) is 3.44. The van der Waals surface area contributed by atoms with Crippen LogP contribution in [0.1, 0.15) is 39.5 Å². The van der Waals surface area contributed by atoms with E-state index in [1.807, 2.05) is 0 Å². The number of hydrogen-bond donors (Lipinski definition) is 2. The maximum absolute atomic E-state index is 12.0. The van der Waals surface area contributed by atoms with Crippen LogP contribution in [0.5, 0.6) is 0 Å². The summed E-state index contributed by atoms with van der Waals surface area (Å²) >= 11 is 0. The number of carbonyl (C=O) groups is 2. The zero-order valence-electron chi connectivity index (χ0n) is 11.8. The first-order chi connectivity index (χ1) is 8.94. The molecule has 2 amide bonds. The van der Waals surface area contributed by atoms with Gasteiger partial charge >= 0.3 is 12.0 Å². The Morgan fingerprint density at radius 1 is 1.16 bits per heavy atom. The second-order valence-corrected chi connectivity index (χ2v) is 6.43. The normalized spacial score (nSPS) is 31.7. The number of rotatable bonds is 3. The van der Waals surface area contributed by atoms with Gasteiger partial charge in [-0.2, -0.15) is 0 Å². The molecule has 0 aromatic heterocycles. The molecule has 2 rings (SSSR count). The average Bonchev–Trinajstić information content (AvgIpc) is 2.20. The number of hydrogen-bond acceptors (Lipinski definition) is 2. The van der Waals surface area contributed by atoms with Crippen molar-refractivity contribution in [2.24, 2.45) is 17.8 Å². The minimum absolute atomic E-state index is 0.0204. The summed E-state index contributed by atoms with van der Waals surface area (Å²) in [6, 6.07) is 0.262. The number of nitrogens with zero attached hydrogens (tertiary/aromatic N) is 1. The molecule has 0 aromatic rings. The predicted octanol–water partition coefficient (Wildman–Crippen LogP) is 1.93. The minimum Gasteiger partial charge on any atom is -0.481 e. The van der Waals surface area contributed by atoms with Crippen molar-refractivity contribution in [2.45, 2.75) is 45.6 Å². The fraction of sp³-hybridized carbons (Fsp3) is 0.857. The predicted molar refractivity (Wildman–Crippen MR) is 71.8 cm³/mol. The van der Waals surface area contributed by atoms with Crippen LogP contribution in [0.2, 0.25) is 0 Å². The van der Waals surface area contributed by atoms with Crippen LogP contribution in [-0.4, -0.2) is 41.1 Å². The third kappa shape index (κ3) is 3.85. The van der Waals surface area contributed by atoms with Crippen molar-refractivity contribution in [2.75, 3.05) is 13.1 Å². The van der Waals surface area contributed by atoms with Crippen LogP contribution in [0.4, 0.5) is 4.79 Å². The second kappa shape index (κ2) is 5.80. The second-order valence-electron chi connectivity index (χ2n) is 6.43. The van der Waals surface area contributed by atoms with Gasteiger partial charge in [0.05, 0.1) is 6.42 Å². The van der Waals surface area contributed by atoms with Gasteiger partial charge in [-0.15, -0.1) is 0 Å². The Balaban J connectivity index is 1.72. The molecule has 1 saturated heterocycles. The van der Waals surface area contributed by atoms with Crippen LogP contribution >= 0.6 is 0 Å². The minimum atomic E-state index is -0.778. The zero-order valence-corrected chi connectivity index (χ0v) is 11.8. The molecular formula is C14H24N2O3. The number of amides is 2. The Morgan fingerprint density at radius 2 is 1.74 bits per heavy atom. The van der Waals surface area contributed by atoms with E-state index in [9.17, 15) is 9.59 Å². The van der Waals surface area contributed by atoms with Gasteiger partial charge in [-0.1, -0.05) is 13.8 Å². The molecule has 2 aliphatic rings. The fourth-order valence-corrected chi connectivity index (χ4v) is 3.44. The van der Waals surface area contributed by atoms with Gasteiger partial charge < -0.3 is 15.3 Å². The summed E-state index contributed by atoms with van der Waals surface area (Å²) in [5.74, 6) is 0.697. The molecule has 0 aromatic carbocycles. The highest BCUT2D eigenvalue weighted by Gasteiger charge is 2.33. The summed E-state index contributed by atoms with van der Waals surface area (Å²) in [7, 11) is 0. The third-order valence-electron chi connectivity index (χ3n) is 4.21. The van der Waals surface area contributed by atoms with Crippen molar-refractivity contribution in [3.05, 3.63) is 0 Å². The Morgan fingerprint density at radius 3 is 2.26 bits per heavy atom. The lowest BCUT2D eigenvalue weighted by molar-refractivity contribution is -0.139. The van der Waals surface area contributed by atoms with E-state index in [0.717, 1.165) is 12.8 Å². The maximum atomic E-state index is 12.0. The molecule has 2 N–H and O–H groups in total. The summed E-state index contributed by atoms with van der Waals surface area (Å²) in [5.41, 5.74) is 0. The number of urea groups is 1. The van der Waals surface area contributed by atoms with Crippen molar-refractivity contribution >= 4 is 12.0 Å². The van der Waals surface area contributed by atoms with Crippen molar-refractivity contribution in [3.63, 3.8) is 0 Å². The molecule has 0 radical (unpaired) electrons. The number of aliphatic carboxylic acids is 1. The summed E-state index contributed by atoms with van der Waals surface area (Å²) in [5, 5.41) is 11.8. The standard InChI is InChI=1S/C14H24N2O3/c1-9-3-10(2)5-12(4-9)15-14(19)16-7-11(8-16)6-13(17)18/h9-12H,3-8H2,1-2H3,(H,15,19)(H,17,18). The molecule has 0 bridgehead atoms. The van der Waals surface area contributed by atoms with Crippen LogP contribution in [0.25, 0.3) is 0 Å². The highest BCUT2D eigenvalue weighted by atomic mass is 16.4. The molecule has 19 heavy (non-hydrogen) atoms. The molecular weight excluding hydrogens is 244 g/mol. The van der Waals surface area contributed by atoms with Gasteiger partial charge in [-0.05, 0) is 31.1 Å². The molecule has 0 spiro atoms. The van der Waals surface area contributed by atoms with Gasteiger partial charge in [0, 0.05) is 25.0 Å². The van der Waals surface area contributed by atoms with E-state index in [1.165, 1.54) is 6.42 Å². The Bertz CT molecular complexity index is 343. The molecule has 1 aliphatic heterocycles. The van der Waals surface area contributed by atoms with E-state index in [1.54, 1.807) is 4.90 Å². The van der Waals surface area contributed by atoms with Crippen molar-refractivity contribution in [1.29, 1.82) is 0 Å². The van der Waals surface area contributed by atoms with E-state index in [-0.39, 0.29) is 24.4 Å². The number of carboxylic acid groups (broad SMARTS) is 1. The van der Waals surface area contributed by atoms with Gasteiger partial charge in [0.1, 0.15) is 0 Å². The molecule has 2 unspecified atom stereocenters. The lowest BCUT2D eigenvalue weighted by Crippen LogP contribution is -2.56. The molecule has 5 nitrogen and oxygen atoms in total. The van der Waals surface area contributed by atoms with Crippen LogP contribution in [0.3, 0.4) is 0 Å². The quantitative estimate of drug-likeness (QED) is 0.821.